The van der Waals surface area contributed by atoms with Crippen LogP contribution in [0.15, 0.2) is 52.9 Å². The molecule has 0 atom stereocenters. The summed E-state index contributed by atoms with van der Waals surface area (Å²) >= 11 is 5.79. The van der Waals surface area contributed by atoms with Gasteiger partial charge in [0, 0.05) is 16.3 Å². The van der Waals surface area contributed by atoms with Crippen molar-refractivity contribution in [3.8, 4) is 11.5 Å². The van der Waals surface area contributed by atoms with Gasteiger partial charge in [-0.05, 0) is 43.3 Å². The molecule has 5 nitrogen and oxygen atoms in total. The van der Waals surface area contributed by atoms with Gasteiger partial charge < -0.3 is 9.73 Å². The molecule has 0 saturated heterocycles. The lowest BCUT2D eigenvalue weighted by atomic mass is 10.1. The Bertz CT molecular complexity index is 795. The first-order valence-corrected chi connectivity index (χ1v) is 6.97. The number of hydrogen-bond donors (Lipinski definition) is 1. The van der Waals surface area contributed by atoms with Gasteiger partial charge >= 0.3 is 11.8 Å². The summed E-state index contributed by atoms with van der Waals surface area (Å²) in [5.41, 5.74) is 2.50. The predicted octanol–water partition coefficient (Wildman–Crippen LogP) is 3.95. The average molecular weight is 314 g/mol. The van der Waals surface area contributed by atoms with Gasteiger partial charge in [0.1, 0.15) is 0 Å². The number of hydrogen-bond acceptors (Lipinski definition) is 4. The number of aryl methyl sites for hydroxylation is 1. The first-order valence-electron chi connectivity index (χ1n) is 6.59. The number of rotatable bonds is 3. The van der Waals surface area contributed by atoms with Gasteiger partial charge in [-0.2, -0.15) is 0 Å². The van der Waals surface area contributed by atoms with Crippen molar-refractivity contribution in [2.45, 2.75) is 6.92 Å². The van der Waals surface area contributed by atoms with E-state index in [4.69, 9.17) is 16.0 Å². The van der Waals surface area contributed by atoms with Crippen molar-refractivity contribution in [1.82, 2.24) is 10.2 Å². The summed E-state index contributed by atoms with van der Waals surface area (Å²) in [6.45, 7) is 1.99. The number of halogens is 1. The highest BCUT2D eigenvalue weighted by molar-refractivity contribution is 6.30. The largest absolute Gasteiger partial charge is 0.412 e. The summed E-state index contributed by atoms with van der Waals surface area (Å²) in [6.07, 6.45) is 0. The minimum atomic E-state index is -0.465. The van der Waals surface area contributed by atoms with E-state index < -0.39 is 5.91 Å². The molecule has 0 bridgehead atoms. The average Bonchev–Trinajstić information content (AvgIpc) is 3.00. The number of aromatic nitrogens is 2. The standard InChI is InChI=1S/C16H12ClN3O2/c1-10-2-4-11(5-3-10)15-19-20-16(22-15)14(21)18-13-8-6-12(17)7-9-13/h2-9H,1H3,(H,18,21). The number of nitrogens with zero attached hydrogens (tertiary/aromatic N) is 2. The van der Waals surface area contributed by atoms with Crippen LogP contribution in [0.4, 0.5) is 5.69 Å². The summed E-state index contributed by atoms with van der Waals surface area (Å²) in [5, 5.41) is 10.9. The van der Waals surface area contributed by atoms with Crippen molar-refractivity contribution in [3.05, 3.63) is 65.0 Å². The summed E-state index contributed by atoms with van der Waals surface area (Å²) in [6, 6.07) is 14.4. The SMILES string of the molecule is Cc1ccc(-c2nnc(C(=O)Nc3ccc(Cl)cc3)o2)cc1. The number of carbonyl (C=O) groups excluding carboxylic acids is 1. The van der Waals surface area contributed by atoms with Gasteiger partial charge in [-0.15, -0.1) is 10.2 Å². The van der Waals surface area contributed by atoms with Gasteiger partial charge in [0.2, 0.25) is 5.89 Å². The zero-order chi connectivity index (χ0) is 15.5. The van der Waals surface area contributed by atoms with E-state index in [1.807, 2.05) is 31.2 Å². The zero-order valence-corrected chi connectivity index (χ0v) is 12.5. The third kappa shape index (κ3) is 3.15. The summed E-state index contributed by atoms with van der Waals surface area (Å²) in [4.78, 5) is 12.1. The summed E-state index contributed by atoms with van der Waals surface area (Å²) in [7, 11) is 0. The van der Waals surface area contributed by atoms with Crippen molar-refractivity contribution in [2.75, 3.05) is 5.32 Å². The normalized spacial score (nSPS) is 10.5. The Labute approximate surface area is 131 Å². The van der Waals surface area contributed by atoms with Crippen LogP contribution >= 0.6 is 11.6 Å². The van der Waals surface area contributed by atoms with Crippen LogP contribution in [-0.4, -0.2) is 16.1 Å². The minimum absolute atomic E-state index is 0.0921. The van der Waals surface area contributed by atoms with Crippen LogP contribution in [0.5, 0.6) is 0 Å². The molecule has 1 heterocycles. The highest BCUT2D eigenvalue weighted by Gasteiger charge is 2.16. The topological polar surface area (TPSA) is 68.0 Å². The molecule has 6 heteroatoms. The fourth-order valence-electron chi connectivity index (χ4n) is 1.85. The molecule has 0 aliphatic rings. The number of benzene rings is 2. The van der Waals surface area contributed by atoms with Crippen LogP contribution in [0.1, 0.15) is 16.2 Å². The first-order chi connectivity index (χ1) is 10.6. The van der Waals surface area contributed by atoms with Gasteiger partial charge in [-0.1, -0.05) is 29.3 Å². The lowest BCUT2D eigenvalue weighted by molar-refractivity contribution is 0.0991. The van der Waals surface area contributed by atoms with Crippen molar-refractivity contribution in [2.24, 2.45) is 0 Å². The Morgan fingerprint density at radius 3 is 2.41 bits per heavy atom. The lowest BCUT2D eigenvalue weighted by Gasteiger charge is -2.01. The molecule has 0 unspecified atom stereocenters. The smallest absolute Gasteiger partial charge is 0.313 e. The van der Waals surface area contributed by atoms with E-state index in [0.29, 0.717) is 16.6 Å². The number of carbonyl (C=O) groups is 1. The fraction of sp³-hybridized carbons (Fsp3) is 0.0625. The molecule has 0 radical (unpaired) electrons. The second-order valence-electron chi connectivity index (χ2n) is 4.74. The Hall–Kier alpha value is -2.66. The maximum Gasteiger partial charge on any atom is 0.313 e. The monoisotopic (exact) mass is 313 g/mol. The lowest BCUT2D eigenvalue weighted by Crippen LogP contribution is -2.12. The Kier molecular flexibility index (Phi) is 3.89. The van der Waals surface area contributed by atoms with E-state index in [1.54, 1.807) is 24.3 Å². The van der Waals surface area contributed by atoms with Gasteiger partial charge in [-0.3, -0.25) is 4.79 Å². The molecule has 1 N–H and O–H groups in total. The first kappa shape index (κ1) is 14.3. The molecule has 110 valence electrons. The quantitative estimate of drug-likeness (QED) is 0.795. The van der Waals surface area contributed by atoms with Gasteiger partial charge in [0.05, 0.1) is 0 Å². The van der Waals surface area contributed by atoms with Crippen molar-refractivity contribution in [1.29, 1.82) is 0 Å². The number of anilines is 1. The maximum atomic E-state index is 12.1. The molecule has 3 aromatic rings. The Balaban J connectivity index is 1.76. The van der Waals surface area contributed by atoms with Crippen LogP contribution < -0.4 is 5.32 Å². The van der Waals surface area contributed by atoms with Gasteiger partial charge in [0.15, 0.2) is 0 Å². The molecule has 0 aliphatic carbocycles. The highest BCUT2D eigenvalue weighted by atomic mass is 35.5. The zero-order valence-electron chi connectivity index (χ0n) is 11.7. The molecule has 22 heavy (non-hydrogen) atoms. The van der Waals surface area contributed by atoms with E-state index in [9.17, 15) is 4.79 Å². The molecule has 0 saturated carbocycles. The molecule has 0 aliphatic heterocycles. The van der Waals surface area contributed by atoms with Crippen molar-refractivity contribution in [3.63, 3.8) is 0 Å². The Morgan fingerprint density at radius 1 is 1.05 bits per heavy atom. The van der Waals surface area contributed by atoms with Crippen LogP contribution in [0.2, 0.25) is 5.02 Å². The van der Waals surface area contributed by atoms with E-state index >= 15 is 0 Å². The van der Waals surface area contributed by atoms with E-state index in [2.05, 4.69) is 15.5 Å². The summed E-state index contributed by atoms with van der Waals surface area (Å²) in [5.74, 6) is -0.250. The van der Waals surface area contributed by atoms with Crippen molar-refractivity contribution < 1.29 is 9.21 Å². The molecule has 3 rings (SSSR count). The molecule has 0 spiro atoms. The predicted molar refractivity (Wildman–Crippen MR) is 83.9 cm³/mol. The third-order valence-electron chi connectivity index (χ3n) is 3.02. The van der Waals surface area contributed by atoms with E-state index in [-0.39, 0.29) is 5.89 Å². The van der Waals surface area contributed by atoms with E-state index in [0.717, 1.165) is 11.1 Å². The van der Waals surface area contributed by atoms with Gasteiger partial charge in [-0.25, -0.2) is 0 Å². The van der Waals surface area contributed by atoms with Crippen LogP contribution in [0.25, 0.3) is 11.5 Å². The van der Waals surface area contributed by atoms with Gasteiger partial charge in [0.25, 0.3) is 0 Å². The molecular weight excluding hydrogens is 302 g/mol. The second-order valence-corrected chi connectivity index (χ2v) is 5.18. The Morgan fingerprint density at radius 2 is 1.73 bits per heavy atom. The maximum absolute atomic E-state index is 12.1. The molecular formula is C16H12ClN3O2. The van der Waals surface area contributed by atoms with Crippen LogP contribution in [0, 0.1) is 6.92 Å². The molecule has 0 fully saturated rings. The van der Waals surface area contributed by atoms with Crippen LogP contribution in [-0.2, 0) is 0 Å². The highest BCUT2D eigenvalue weighted by Crippen LogP contribution is 2.19. The molecule has 1 amide bonds. The number of amides is 1. The van der Waals surface area contributed by atoms with Crippen molar-refractivity contribution >= 4 is 23.2 Å². The fourth-order valence-corrected chi connectivity index (χ4v) is 1.97. The van der Waals surface area contributed by atoms with Crippen LogP contribution in [0.3, 0.4) is 0 Å². The van der Waals surface area contributed by atoms with E-state index in [1.165, 1.54) is 0 Å². The second kappa shape index (κ2) is 5.99. The summed E-state index contributed by atoms with van der Waals surface area (Å²) < 4.78 is 5.41. The minimum Gasteiger partial charge on any atom is -0.412 e. The third-order valence-corrected chi connectivity index (χ3v) is 3.27. The molecule has 1 aromatic heterocycles. The number of nitrogens with one attached hydrogen (secondary N) is 1. The molecule has 2 aromatic carbocycles.